The number of hydrogen-bond acceptors (Lipinski definition) is 4. The number of aryl methyl sites for hydroxylation is 2. The standard InChI is InChI=1S/C18H21N3O2S/c1-13-11-19-18(24-13)20-16(22)12-21(15-8-9-15)17(23)10-7-14-5-3-2-4-6-14/h2-6,11,15H,7-10,12H2,1H3,(H,19,20,22). The fourth-order valence-electron chi connectivity index (χ4n) is 2.57. The first-order valence-corrected chi connectivity index (χ1v) is 8.99. The second kappa shape index (κ2) is 7.57. The van der Waals surface area contributed by atoms with Gasteiger partial charge in [-0.1, -0.05) is 30.3 Å². The number of nitrogens with one attached hydrogen (secondary N) is 1. The highest BCUT2D eigenvalue weighted by Crippen LogP contribution is 2.27. The molecule has 1 N–H and O–H groups in total. The van der Waals surface area contributed by atoms with Crippen molar-refractivity contribution in [1.82, 2.24) is 9.88 Å². The number of anilines is 1. The first-order valence-electron chi connectivity index (χ1n) is 8.17. The van der Waals surface area contributed by atoms with Gasteiger partial charge in [0.1, 0.15) is 6.54 Å². The van der Waals surface area contributed by atoms with Crippen LogP contribution in [0, 0.1) is 6.92 Å². The van der Waals surface area contributed by atoms with Crippen LogP contribution in [0.5, 0.6) is 0 Å². The Balaban J connectivity index is 1.54. The van der Waals surface area contributed by atoms with Gasteiger partial charge in [0.05, 0.1) is 0 Å². The number of rotatable bonds is 7. The molecule has 5 nitrogen and oxygen atoms in total. The van der Waals surface area contributed by atoms with Crippen LogP contribution in [0.4, 0.5) is 5.13 Å². The summed E-state index contributed by atoms with van der Waals surface area (Å²) in [6, 6.07) is 10.2. The third kappa shape index (κ3) is 4.64. The number of thiazole rings is 1. The third-order valence-corrected chi connectivity index (χ3v) is 4.79. The molecule has 1 saturated carbocycles. The van der Waals surface area contributed by atoms with E-state index in [1.54, 1.807) is 11.1 Å². The highest BCUT2D eigenvalue weighted by Gasteiger charge is 2.33. The first kappa shape index (κ1) is 16.6. The van der Waals surface area contributed by atoms with Crippen molar-refractivity contribution in [1.29, 1.82) is 0 Å². The third-order valence-electron chi connectivity index (χ3n) is 3.96. The maximum atomic E-state index is 12.5. The van der Waals surface area contributed by atoms with E-state index in [0.717, 1.165) is 23.3 Å². The molecule has 126 valence electrons. The van der Waals surface area contributed by atoms with E-state index in [1.165, 1.54) is 11.3 Å². The van der Waals surface area contributed by atoms with Gasteiger partial charge in [0.15, 0.2) is 5.13 Å². The molecular weight excluding hydrogens is 322 g/mol. The normalized spacial score (nSPS) is 13.5. The summed E-state index contributed by atoms with van der Waals surface area (Å²) in [6.45, 7) is 2.05. The topological polar surface area (TPSA) is 62.3 Å². The van der Waals surface area contributed by atoms with E-state index in [-0.39, 0.29) is 24.4 Å². The zero-order chi connectivity index (χ0) is 16.9. The van der Waals surface area contributed by atoms with Crippen LogP contribution in [-0.4, -0.2) is 34.3 Å². The van der Waals surface area contributed by atoms with Gasteiger partial charge in [0.25, 0.3) is 0 Å². The Labute approximate surface area is 145 Å². The van der Waals surface area contributed by atoms with Crippen molar-refractivity contribution in [3.05, 3.63) is 47.0 Å². The summed E-state index contributed by atoms with van der Waals surface area (Å²) in [6.07, 6.45) is 4.84. The van der Waals surface area contributed by atoms with Crippen molar-refractivity contribution in [2.75, 3.05) is 11.9 Å². The number of aromatic nitrogens is 1. The van der Waals surface area contributed by atoms with Crippen molar-refractivity contribution in [3.8, 4) is 0 Å². The predicted octanol–water partition coefficient (Wildman–Crippen LogP) is 3.01. The quantitative estimate of drug-likeness (QED) is 0.840. The fourth-order valence-corrected chi connectivity index (χ4v) is 3.25. The summed E-state index contributed by atoms with van der Waals surface area (Å²) in [7, 11) is 0. The molecule has 3 rings (SSSR count). The lowest BCUT2D eigenvalue weighted by atomic mass is 10.1. The Hall–Kier alpha value is -2.21. The van der Waals surface area contributed by atoms with E-state index in [0.29, 0.717) is 18.0 Å². The van der Waals surface area contributed by atoms with E-state index in [9.17, 15) is 9.59 Å². The fraction of sp³-hybridized carbons (Fsp3) is 0.389. The minimum atomic E-state index is -0.177. The molecule has 1 aliphatic carbocycles. The Bertz CT molecular complexity index is 710. The number of amides is 2. The molecule has 0 unspecified atom stereocenters. The van der Waals surface area contributed by atoms with Crippen LogP contribution in [0.1, 0.15) is 29.7 Å². The van der Waals surface area contributed by atoms with Crippen molar-refractivity contribution >= 4 is 28.3 Å². The second-order valence-electron chi connectivity index (χ2n) is 6.06. The van der Waals surface area contributed by atoms with E-state index >= 15 is 0 Å². The monoisotopic (exact) mass is 343 g/mol. The highest BCUT2D eigenvalue weighted by atomic mass is 32.1. The van der Waals surface area contributed by atoms with Gasteiger partial charge in [-0.25, -0.2) is 4.98 Å². The molecule has 1 aromatic carbocycles. The summed E-state index contributed by atoms with van der Waals surface area (Å²) in [5.41, 5.74) is 1.14. The Morgan fingerprint density at radius 3 is 2.67 bits per heavy atom. The zero-order valence-electron chi connectivity index (χ0n) is 13.7. The van der Waals surface area contributed by atoms with Gasteiger partial charge in [-0.2, -0.15) is 0 Å². The SMILES string of the molecule is Cc1cnc(NC(=O)CN(C(=O)CCc2ccccc2)C2CC2)s1. The van der Waals surface area contributed by atoms with Gasteiger partial charge in [-0.05, 0) is 31.7 Å². The molecule has 0 saturated heterocycles. The average molecular weight is 343 g/mol. The Morgan fingerprint density at radius 1 is 1.29 bits per heavy atom. The number of benzene rings is 1. The molecule has 6 heteroatoms. The molecule has 24 heavy (non-hydrogen) atoms. The molecule has 0 bridgehead atoms. The van der Waals surface area contributed by atoms with E-state index in [1.807, 2.05) is 37.3 Å². The van der Waals surface area contributed by atoms with Crippen LogP contribution in [0.25, 0.3) is 0 Å². The highest BCUT2D eigenvalue weighted by molar-refractivity contribution is 7.15. The molecule has 0 atom stereocenters. The van der Waals surface area contributed by atoms with Crippen LogP contribution in [0.15, 0.2) is 36.5 Å². The van der Waals surface area contributed by atoms with Gasteiger partial charge in [0.2, 0.25) is 11.8 Å². The van der Waals surface area contributed by atoms with Gasteiger partial charge in [-0.15, -0.1) is 11.3 Å². The zero-order valence-corrected chi connectivity index (χ0v) is 14.5. The Morgan fingerprint density at radius 2 is 2.04 bits per heavy atom. The summed E-state index contributed by atoms with van der Waals surface area (Å²) < 4.78 is 0. The Kier molecular flexibility index (Phi) is 5.25. The van der Waals surface area contributed by atoms with Crippen LogP contribution >= 0.6 is 11.3 Å². The smallest absolute Gasteiger partial charge is 0.245 e. The average Bonchev–Trinajstić information content (AvgIpc) is 3.34. The summed E-state index contributed by atoms with van der Waals surface area (Å²) in [4.78, 5) is 31.6. The van der Waals surface area contributed by atoms with Gasteiger partial charge in [0, 0.05) is 23.5 Å². The first-order chi connectivity index (χ1) is 11.6. The molecule has 1 fully saturated rings. The molecule has 1 aliphatic rings. The molecular formula is C18H21N3O2S. The summed E-state index contributed by atoms with van der Waals surface area (Å²) in [5.74, 6) is -0.129. The van der Waals surface area contributed by atoms with Crippen LogP contribution in [0.2, 0.25) is 0 Å². The van der Waals surface area contributed by atoms with Crippen molar-refractivity contribution in [2.24, 2.45) is 0 Å². The van der Waals surface area contributed by atoms with E-state index < -0.39 is 0 Å². The second-order valence-corrected chi connectivity index (χ2v) is 7.30. The number of hydrogen-bond donors (Lipinski definition) is 1. The lowest BCUT2D eigenvalue weighted by molar-refractivity contribution is -0.135. The van der Waals surface area contributed by atoms with E-state index in [2.05, 4.69) is 10.3 Å². The summed E-state index contributed by atoms with van der Waals surface area (Å²) >= 11 is 1.44. The predicted molar refractivity (Wildman–Crippen MR) is 95.0 cm³/mol. The molecule has 2 amide bonds. The molecule has 0 spiro atoms. The lowest BCUT2D eigenvalue weighted by Crippen LogP contribution is -2.39. The van der Waals surface area contributed by atoms with Crippen molar-refractivity contribution < 1.29 is 9.59 Å². The molecule has 0 radical (unpaired) electrons. The van der Waals surface area contributed by atoms with Gasteiger partial charge < -0.3 is 10.2 Å². The van der Waals surface area contributed by atoms with Crippen molar-refractivity contribution in [2.45, 2.75) is 38.6 Å². The van der Waals surface area contributed by atoms with Crippen LogP contribution in [-0.2, 0) is 16.0 Å². The molecule has 1 heterocycles. The largest absolute Gasteiger partial charge is 0.330 e. The van der Waals surface area contributed by atoms with Crippen molar-refractivity contribution in [3.63, 3.8) is 0 Å². The van der Waals surface area contributed by atoms with Gasteiger partial charge in [-0.3, -0.25) is 9.59 Å². The van der Waals surface area contributed by atoms with Gasteiger partial charge >= 0.3 is 0 Å². The lowest BCUT2D eigenvalue weighted by Gasteiger charge is -2.21. The molecule has 1 aromatic heterocycles. The molecule has 0 aliphatic heterocycles. The number of carbonyl (C=O) groups is 2. The number of carbonyl (C=O) groups excluding carboxylic acids is 2. The molecule has 2 aromatic rings. The maximum absolute atomic E-state index is 12.5. The maximum Gasteiger partial charge on any atom is 0.245 e. The van der Waals surface area contributed by atoms with Crippen LogP contribution in [0.3, 0.4) is 0 Å². The minimum absolute atomic E-state index is 0.0480. The minimum Gasteiger partial charge on any atom is -0.330 e. The number of nitrogens with zero attached hydrogens (tertiary/aromatic N) is 2. The summed E-state index contributed by atoms with van der Waals surface area (Å²) in [5, 5.41) is 3.37. The van der Waals surface area contributed by atoms with Crippen LogP contribution < -0.4 is 5.32 Å². The van der Waals surface area contributed by atoms with E-state index in [4.69, 9.17) is 0 Å².